The van der Waals surface area contributed by atoms with Crippen LogP contribution in [0.4, 0.5) is 0 Å². The number of fused-ring (bicyclic) bond motifs is 1. The zero-order valence-electron chi connectivity index (χ0n) is 14.1. The molecule has 1 aromatic carbocycles. The maximum atomic E-state index is 4.26. The van der Waals surface area contributed by atoms with Gasteiger partial charge in [-0.2, -0.15) is 5.10 Å². The van der Waals surface area contributed by atoms with Gasteiger partial charge in [0.05, 0.1) is 6.20 Å². The summed E-state index contributed by atoms with van der Waals surface area (Å²) in [6.45, 7) is 8.22. The molecule has 4 nitrogen and oxygen atoms in total. The third kappa shape index (κ3) is 3.30. The van der Waals surface area contributed by atoms with Gasteiger partial charge in [-0.1, -0.05) is 36.9 Å². The number of hydrogen-bond acceptors (Lipinski definition) is 3. The Balaban J connectivity index is 1.32. The van der Waals surface area contributed by atoms with Gasteiger partial charge in [-0.3, -0.25) is 4.90 Å². The van der Waals surface area contributed by atoms with Crippen molar-refractivity contribution in [1.82, 2.24) is 20.0 Å². The lowest BCUT2D eigenvalue weighted by Crippen LogP contribution is -2.35. The molecule has 2 fully saturated rings. The van der Waals surface area contributed by atoms with Crippen LogP contribution in [0, 0.1) is 11.8 Å². The number of likely N-dealkylation sites (tertiary alicyclic amines) is 1. The van der Waals surface area contributed by atoms with Crippen molar-refractivity contribution in [2.45, 2.75) is 32.0 Å². The van der Waals surface area contributed by atoms with Gasteiger partial charge in [-0.15, -0.1) is 0 Å². The molecular formula is C20H26N4. The molecule has 24 heavy (non-hydrogen) atoms. The zero-order chi connectivity index (χ0) is 16.4. The van der Waals surface area contributed by atoms with Crippen LogP contribution in [-0.2, 0) is 13.1 Å². The molecule has 1 saturated heterocycles. The molecule has 2 aromatic rings. The normalized spacial score (nSPS) is 26.6. The molecule has 1 aliphatic carbocycles. The van der Waals surface area contributed by atoms with E-state index in [4.69, 9.17) is 0 Å². The number of rotatable bonds is 6. The molecule has 3 unspecified atom stereocenters. The van der Waals surface area contributed by atoms with Gasteiger partial charge in [0, 0.05) is 50.2 Å². The Hall–Kier alpha value is -1.91. The van der Waals surface area contributed by atoms with E-state index in [2.05, 4.69) is 52.2 Å². The summed E-state index contributed by atoms with van der Waals surface area (Å²) in [5, 5.41) is 8.03. The van der Waals surface area contributed by atoms with E-state index in [1.807, 2.05) is 12.4 Å². The number of hydrogen-bond donors (Lipinski definition) is 1. The molecule has 0 spiro atoms. The summed E-state index contributed by atoms with van der Waals surface area (Å²) in [6, 6.07) is 11.5. The lowest BCUT2D eigenvalue weighted by Gasteiger charge is -2.21. The van der Waals surface area contributed by atoms with Gasteiger partial charge in [0.25, 0.3) is 0 Å². The fourth-order valence-corrected chi connectivity index (χ4v) is 4.40. The quantitative estimate of drug-likeness (QED) is 0.887. The van der Waals surface area contributed by atoms with Crippen LogP contribution in [0.5, 0.6) is 0 Å². The van der Waals surface area contributed by atoms with Gasteiger partial charge in [0.1, 0.15) is 0 Å². The molecule has 3 atom stereocenters. The minimum absolute atomic E-state index is 0.642. The Labute approximate surface area is 144 Å². The zero-order valence-corrected chi connectivity index (χ0v) is 14.1. The largest absolute Gasteiger partial charge is 0.309 e. The first-order valence-electron chi connectivity index (χ1n) is 8.97. The van der Waals surface area contributed by atoms with Crippen molar-refractivity contribution in [2.75, 3.05) is 13.1 Å². The van der Waals surface area contributed by atoms with E-state index in [9.17, 15) is 0 Å². The molecule has 2 heterocycles. The van der Waals surface area contributed by atoms with Crippen LogP contribution in [0.25, 0.3) is 6.20 Å². The maximum Gasteiger partial charge on any atom is 0.0538 e. The average Bonchev–Trinajstić information content (AvgIpc) is 3.30. The number of nitrogens with zero attached hydrogens (tertiary/aromatic N) is 3. The van der Waals surface area contributed by atoms with Gasteiger partial charge in [0.15, 0.2) is 0 Å². The molecule has 0 radical (unpaired) electrons. The van der Waals surface area contributed by atoms with Crippen molar-refractivity contribution >= 4 is 6.20 Å². The molecule has 0 amide bonds. The number of aromatic nitrogens is 2. The Morgan fingerprint density at radius 2 is 2.04 bits per heavy atom. The molecule has 1 aromatic heterocycles. The maximum absolute atomic E-state index is 4.26. The van der Waals surface area contributed by atoms with E-state index in [1.54, 1.807) is 10.9 Å². The van der Waals surface area contributed by atoms with Gasteiger partial charge in [-0.25, -0.2) is 4.68 Å². The van der Waals surface area contributed by atoms with Crippen molar-refractivity contribution in [1.29, 1.82) is 0 Å². The molecular weight excluding hydrogens is 296 g/mol. The summed E-state index contributed by atoms with van der Waals surface area (Å²) in [6.07, 6.45) is 8.37. The summed E-state index contributed by atoms with van der Waals surface area (Å²) >= 11 is 0. The Morgan fingerprint density at radius 1 is 1.17 bits per heavy atom. The Kier molecular flexibility index (Phi) is 4.50. The Bertz CT molecular complexity index is 678. The monoisotopic (exact) mass is 322 g/mol. The van der Waals surface area contributed by atoms with Crippen LogP contribution >= 0.6 is 0 Å². The standard InChI is InChI=1S/C20H26N4/c1-2-24-13-17(11-22-24)10-21-20-9-8-18-14-23(15-19(18)20)12-16-6-4-3-5-7-16/h2-7,11,13,18-21H,1,8-10,12,14-15H2. The predicted octanol–water partition coefficient (Wildman–Crippen LogP) is 2.98. The summed E-state index contributed by atoms with van der Waals surface area (Å²) < 4.78 is 1.77. The molecule has 1 N–H and O–H groups in total. The van der Waals surface area contributed by atoms with Crippen LogP contribution in [0.2, 0.25) is 0 Å². The highest BCUT2D eigenvalue weighted by atomic mass is 15.2. The third-order valence-corrected chi connectivity index (χ3v) is 5.59. The Morgan fingerprint density at radius 3 is 2.83 bits per heavy atom. The second kappa shape index (κ2) is 6.91. The number of nitrogens with one attached hydrogen (secondary N) is 1. The van der Waals surface area contributed by atoms with E-state index >= 15 is 0 Å². The fraction of sp³-hybridized carbons (Fsp3) is 0.450. The van der Waals surface area contributed by atoms with E-state index in [1.165, 1.54) is 37.1 Å². The van der Waals surface area contributed by atoms with Crippen molar-refractivity contribution in [3.63, 3.8) is 0 Å². The van der Waals surface area contributed by atoms with Crippen LogP contribution in [0.15, 0.2) is 49.3 Å². The SMILES string of the molecule is C=Cn1cc(CNC2CCC3CN(Cc4ccccc4)CC32)cn1. The van der Waals surface area contributed by atoms with E-state index in [0.717, 1.165) is 24.9 Å². The summed E-state index contributed by atoms with van der Waals surface area (Å²) in [4.78, 5) is 2.63. The average molecular weight is 322 g/mol. The lowest BCUT2D eigenvalue weighted by atomic mass is 9.98. The third-order valence-electron chi connectivity index (χ3n) is 5.59. The highest BCUT2D eigenvalue weighted by Crippen LogP contribution is 2.38. The van der Waals surface area contributed by atoms with E-state index in [0.29, 0.717) is 6.04 Å². The molecule has 1 aliphatic heterocycles. The number of benzene rings is 1. The molecule has 1 saturated carbocycles. The van der Waals surface area contributed by atoms with Crippen molar-refractivity contribution in [2.24, 2.45) is 11.8 Å². The first kappa shape index (κ1) is 15.6. The summed E-state index contributed by atoms with van der Waals surface area (Å²) in [7, 11) is 0. The first-order valence-corrected chi connectivity index (χ1v) is 8.97. The van der Waals surface area contributed by atoms with Gasteiger partial charge in [0.2, 0.25) is 0 Å². The summed E-state index contributed by atoms with van der Waals surface area (Å²) in [5.74, 6) is 1.66. The highest BCUT2D eigenvalue weighted by Gasteiger charge is 2.42. The second-order valence-corrected chi connectivity index (χ2v) is 7.18. The van der Waals surface area contributed by atoms with Crippen molar-refractivity contribution in [3.8, 4) is 0 Å². The van der Waals surface area contributed by atoms with Crippen LogP contribution < -0.4 is 5.32 Å². The molecule has 126 valence electrons. The lowest BCUT2D eigenvalue weighted by molar-refractivity contribution is 0.288. The van der Waals surface area contributed by atoms with Crippen molar-refractivity contribution < 1.29 is 0 Å². The molecule has 4 rings (SSSR count). The second-order valence-electron chi connectivity index (χ2n) is 7.18. The van der Waals surface area contributed by atoms with Gasteiger partial charge < -0.3 is 5.32 Å². The summed E-state index contributed by atoms with van der Waals surface area (Å²) in [5.41, 5.74) is 2.66. The van der Waals surface area contributed by atoms with Crippen LogP contribution in [-0.4, -0.2) is 33.8 Å². The minimum atomic E-state index is 0.642. The van der Waals surface area contributed by atoms with E-state index in [-0.39, 0.29) is 0 Å². The van der Waals surface area contributed by atoms with Gasteiger partial charge >= 0.3 is 0 Å². The molecule has 2 aliphatic rings. The minimum Gasteiger partial charge on any atom is -0.309 e. The van der Waals surface area contributed by atoms with E-state index < -0.39 is 0 Å². The molecule has 0 bridgehead atoms. The van der Waals surface area contributed by atoms with Crippen molar-refractivity contribution in [3.05, 3.63) is 60.4 Å². The van der Waals surface area contributed by atoms with Crippen LogP contribution in [0.1, 0.15) is 24.0 Å². The highest BCUT2D eigenvalue weighted by molar-refractivity contribution is 5.18. The first-order chi connectivity index (χ1) is 11.8. The topological polar surface area (TPSA) is 33.1 Å². The fourth-order valence-electron chi connectivity index (χ4n) is 4.40. The predicted molar refractivity (Wildman–Crippen MR) is 97.2 cm³/mol. The smallest absolute Gasteiger partial charge is 0.0538 e. The molecule has 4 heteroatoms. The van der Waals surface area contributed by atoms with Gasteiger partial charge in [-0.05, 0) is 30.2 Å². The van der Waals surface area contributed by atoms with Crippen LogP contribution in [0.3, 0.4) is 0 Å².